The maximum absolute atomic E-state index is 14.0. The third-order valence-electron chi connectivity index (χ3n) is 10.1. The van der Waals surface area contributed by atoms with E-state index in [4.69, 9.17) is 14.6 Å². The zero-order chi connectivity index (χ0) is 38.9. The van der Waals surface area contributed by atoms with Crippen LogP contribution in [0.3, 0.4) is 0 Å². The number of aryl methyl sites for hydroxylation is 2. The number of hydrogen-bond donors (Lipinski definition) is 0. The molecule has 0 N–H and O–H groups in total. The van der Waals surface area contributed by atoms with Gasteiger partial charge in [0.25, 0.3) is 11.8 Å². The number of ether oxygens (including phenoxy) is 2. The van der Waals surface area contributed by atoms with Gasteiger partial charge in [-0.25, -0.2) is 14.2 Å². The Balaban J connectivity index is 0.978. The lowest BCUT2D eigenvalue weighted by atomic mass is 10.0. The summed E-state index contributed by atoms with van der Waals surface area (Å²) in [6.07, 6.45) is 1.88. The van der Waals surface area contributed by atoms with Gasteiger partial charge < -0.3 is 19.3 Å². The number of carbonyl (C=O) groups excluding carboxylic acids is 3. The highest BCUT2D eigenvalue weighted by atomic mass is 16.5. The fraction of sp³-hybridized carbons (Fsp3) is 0.233. The summed E-state index contributed by atoms with van der Waals surface area (Å²) in [6, 6.07) is 29.8. The Bertz CT molecular complexity index is 2470. The molecule has 0 saturated heterocycles. The van der Waals surface area contributed by atoms with E-state index in [-0.39, 0.29) is 24.1 Å². The second kappa shape index (κ2) is 15.1. The van der Waals surface area contributed by atoms with Gasteiger partial charge in [0.05, 0.1) is 42.2 Å². The fourth-order valence-corrected chi connectivity index (χ4v) is 7.23. The predicted octanol–water partition coefficient (Wildman–Crippen LogP) is 7.94. The van der Waals surface area contributed by atoms with Crippen LogP contribution in [0.4, 0.5) is 22.7 Å². The normalized spacial score (nSPS) is 13.9. The van der Waals surface area contributed by atoms with Gasteiger partial charge in [0, 0.05) is 35.6 Å². The molecule has 4 heterocycles. The Hall–Kier alpha value is -6.89. The number of rotatable bonds is 10. The minimum Gasteiger partial charge on any atom is -0.497 e. The van der Waals surface area contributed by atoms with Crippen molar-refractivity contribution < 1.29 is 23.9 Å². The van der Waals surface area contributed by atoms with E-state index >= 15 is 0 Å². The molecule has 282 valence electrons. The molecule has 0 bridgehead atoms. The third-order valence-corrected chi connectivity index (χ3v) is 10.1. The van der Waals surface area contributed by atoms with Gasteiger partial charge in [0.2, 0.25) is 0 Å². The summed E-state index contributed by atoms with van der Waals surface area (Å²) in [5, 5.41) is 18.2. The van der Waals surface area contributed by atoms with Crippen LogP contribution in [-0.4, -0.2) is 64.2 Å². The van der Waals surface area contributed by atoms with Crippen LogP contribution in [0.1, 0.15) is 67.7 Å². The molecule has 2 aliphatic rings. The van der Waals surface area contributed by atoms with Crippen LogP contribution in [-0.2, 0) is 24.0 Å². The van der Waals surface area contributed by atoms with Crippen LogP contribution in [0, 0.1) is 6.92 Å². The summed E-state index contributed by atoms with van der Waals surface area (Å²) < 4.78 is 13.9. The molecule has 2 amide bonds. The number of methoxy groups -OCH3 is 1. The van der Waals surface area contributed by atoms with Gasteiger partial charge in [-0.1, -0.05) is 24.6 Å². The van der Waals surface area contributed by atoms with Crippen LogP contribution in [0.15, 0.2) is 107 Å². The van der Waals surface area contributed by atoms with Crippen LogP contribution < -0.4 is 14.5 Å². The van der Waals surface area contributed by atoms with Crippen LogP contribution in [0.2, 0.25) is 0 Å². The lowest BCUT2D eigenvalue weighted by Gasteiger charge is -2.28. The molecule has 0 spiro atoms. The zero-order valence-corrected chi connectivity index (χ0v) is 31.6. The first kappa shape index (κ1) is 36.1. The predicted molar refractivity (Wildman–Crippen MR) is 212 cm³/mol. The average molecular weight is 749 g/mol. The van der Waals surface area contributed by atoms with Crippen molar-refractivity contribution >= 4 is 40.5 Å². The Labute approximate surface area is 323 Å². The van der Waals surface area contributed by atoms with E-state index < -0.39 is 5.97 Å². The van der Waals surface area contributed by atoms with Gasteiger partial charge in [0.15, 0.2) is 5.69 Å². The van der Waals surface area contributed by atoms with Crippen LogP contribution in [0.5, 0.6) is 5.75 Å². The van der Waals surface area contributed by atoms with E-state index in [1.165, 1.54) is 0 Å². The van der Waals surface area contributed by atoms with Gasteiger partial charge in [-0.3, -0.25) is 9.59 Å². The quantitative estimate of drug-likeness (QED) is 0.103. The summed E-state index contributed by atoms with van der Waals surface area (Å²) >= 11 is 0. The van der Waals surface area contributed by atoms with E-state index in [2.05, 4.69) is 22.3 Å². The maximum atomic E-state index is 14.0. The summed E-state index contributed by atoms with van der Waals surface area (Å²) in [7, 11) is 1.62. The Morgan fingerprint density at radius 3 is 1.66 bits per heavy atom. The highest BCUT2D eigenvalue weighted by Crippen LogP contribution is 2.33. The molecule has 0 aliphatic carbocycles. The highest BCUT2D eigenvalue weighted by molar-refractivity contribution is 6.09. The van der Waals surface area contributed by atoms with E-state index in [9.17, 15) is 14.4 Å². The summed E-state index contributed by atoms with van der Waals surface area (Å²) in [4.78, 5) is 44.3. The highest BCUT2D eigenvalue weighted by Gasteiger charge is 2.36. The molecule has 0 saturated carbocycles. The second-order valence-corrected chi connectivity index (χ2v) is 13.5. The van der Waals surface area contributed by atoms with Crippen LogP contribution >= 0.6 is 0 Å². The lowest BCUT2D eigenvalue weighted by molar-refractivity contribution is 0.0517. The summed E-state index contributed by atoms with van der Waals surface area (Å²) in [6.45, 7) is 6.90. The van der Waals surface area contributed by atoms with Crippen molar-refractivity contribution in [1.29, 1.82) is 0 Å². The van der Waals surface area contributed by atoms with Crippen molar-refractivity contribution in [2.75, 3.05) is 36.6 Å². The van der Waals surface area contributed by atoms with Crippen LogP contribution in [0.25, 0.3) is 11.4 Å². The SMILES string of the molecule is CCOC(=O)c1nn(-c2ccc(C)cc2)c2c1CCN(c1ccc(/N=N/c3ccc(N4CCc5c(CC)nn(-c6ccc(OC)cc6)c5C4=O)cc3)cc1)C2=O. The second-order valence-electron chi connectivity index (χ2n) is 13.5. The molecule has 2 aromatic heterocycles. The number of azo groups is 1. The molecule has 0 radical (unpaired) electrons. The Morgan fingerprint density at radius 2 is 1.14 bits per heavy atom. The molecule has 13 nitrogen and oxygen atoms in total. The van der Waals surface area contributed by atoms with Crippen molar-refractivity contribution in [3.05, 3.63) is 137 Å². The number of anilines is 2. The van der Waals surface area contributed by atoms with Gasteiger partial charge in [-0.2, -0.15) is 20.4 Å². The number of benzene rings is 4. The van der Waals surface area contributed by atoms with Gasteiger partial charge >= 0.3 is 5.97 Å². The molecule has 4 aromatic carbocycles. The molecule has 13 heteroatoms. The lowest BCUT2D eigenvalue weighted by Crippen LogP contribution is -2.39. The summed E-state index contributed by atoms with van der Waals surface area (Å²) in [5.41, 5.74) is 8.82. The van der Waals surface area contributed by atoms with Crippen molar-refractivity contribution in [3.63, 3.8) is 0 Å². The molecule has 0 atom stereocenters. The zero-order valence-electron chi connectivity index (χ0n) is 31.6. The number of nitrogens with zero attached hydrogens (tertiary/aromatic N) is 8. The Kier molecular flexibility index (Phi) is 9.73. The minimum absolute atomic E-state index is 0.105. The van der Waals surface area contributed by atoms with Crippen molar-refractivity contribution in [2.45, 2.75) is 40.0 Å². The molecule has 56 heavy (non-hydrogen) atoms. The Morgan fingerprint density at radius 1 is 0.661 bits per heavy atom. The maximum Gasteiger partial charge on any atom is 0.359 e. The number of amides is 2. The molecule has 2 aliphatic heterocycles. The number of carbonyl (C=O) groups is 3. The minimum atomic E-state index is -0.543. The summed E-state index contributed by atoms with van der Waals surface area (Å²) in [5.74, 6) is -0.176. The van der Waals surface area contributed by atoms with Gasteiger partial charge in [0.1, 0.15) is 17.1 Å². The number of aromatic nitrogens is 4. The van der Waals surface area contributed by atoms with Gasteiger partial charge in [-0.05, 0) is 118 Å². The van der Waals surface area contributed by atoms with E-state index in [1.807, 2.05) is 91.9 Å². The fourth-order valence-electron chi connectivity index (χ4n) is 7.23. The molecular weight excluding hydrogens is 709 g/mol. The smallest absolute Gasteiger partial charge is 0.359 e. The molecule has 6 aromatic rings. The number of fused-ring (bicyclic) bond motifs is 2. The standard InChI is InChI=1S/C43H40N8O5/c1-5-37-35-23-25-48(41(52)39(35)50(46-37)33-19-21-34(55-4)22-20-33)30-15-9-28(10-16-30)44-45-29-11-17-31(18-12-29)49-26-24-36-38(43(54)56-6-2)47-51(40(36)42(49)53)32-13-7-27(3)8-14-32/h7-22H,5-6,23-26H2,1-4H3/b45-44+. The first-order chi connectivity index (χ1) is 27.3. The first-order valence-corrected chi connectivity index (χ1v) is 18.6. The monoisotopic (exact) mass is 748 g/mol. The number of esters is 1. The molecular formula is C43H40N8O5. The molecule has 0 fully saturated rings. The van der Waals surface area contributed by atoms with Crippen molar-refractivity contribution in [2.24, 2.45) is 10.2 Å². The van der Waals surface area contributed by atoms with E-state index in [0.29, 0.717) is 65.6 Å². The molecule has 8 rings (SSSR count). The third kappa shape index (κ3) is 6.61. The largest absolute Gasteiger partial charge is 0.497 e. The van der Waals surface area contributed by atoms with E-state index in [1.54, 1.807) is 45.3 Å². The van der Waals surface area contributed by atoms with Gasteiger partial charge in [-0.15, -0.1) is 0 Å². The first-order valence-electron chi connectivity index (χ1n) is 18.6. The topological polar surface area (TPSA) is 137 Å². The van der Waals surface area contributed by atoms with Crippen molar-refractivity contribution in [1.82, 2.24) is 19.6 Å². The number of hydrogen-bond acceptors (Lipinski definition) is 9. The average Bonchev–Trinajstić information content (AvgIpc) is 3.82. The van der Waals surface area contributed by atoms with E-state index in [0.717, 1.165) is 40.4 Å². The van der Waals surface area contributed by atoms with Crippen molar-refractivity contribution in [3.8, 4) is 17.1 Å². The molecule has 0 unspecified atom stereocenters.